The maximum atomic E-state index is 4.35. The Kier molecular flexibility index (Phi) is 2.39. The largest absolute Gasteiger partial charge is 0.260 e. The van der Waals surface area contributed by atoms with Gasteiger partial charge < -0.3 is 0 Å². The van der Waals surface area contributed by atoms with Crippen molar-refractivity contribution in [2.45, 2.75) is 26.7 Å². The molecule has 0 fully saturated rings. The standard InChI is InChI=1S/C11H13N3/c1-3-4-10-8(2)13-6-9-5-12-7-14-11(9)10/h5-7H,3-4H2,1-2H3. The lowest BCUT2D eigenvalue weighted by Gasteiger charge is -2.06. The van der Waals surface area contributed by atoms with E-state index in [1.807, 2.05) is 19.3 Å². The SMILES string of the molecule is CCCc1c(C)ncc2cncnc12. The van der Waals surface area contributed by atoms with Crippen molar-refractivity contribution in [1.82, 2.24) is 15.0 Å². The molecular weight excluding hydrogens is 174 g/mol. The summed E-state index contributed by atoms with van der Waals surface area (Å²) in [6, 6.07) is 0. The van der Waals surface area contributed by atoms with Gasteiger partial charge in [-0.15, -0.1) is 0 Å². The molecule has 0 radical (unpaired) electrons. The molecule has 0 aromatic carbocycles. The van der Waals surface area contributed by atoms with Crippen LogP contribution in [0.15, 0.2) is 18.7 Å². The van der Waals surface area contributed by atoms with Gasteiger partial charge in [0.05, 0.1) is 5.52 Å². The number of aryl methyl sites for hydroxylation is 2. The molecule has 72 valence electrons. The molecule has 0 aliphatic rings. The second kappa shape index (κ2) is 3.70. The normalized spacial score (nSPS) is 10.7. The van der Waals surface area contributed by atoms with Crippen molar-refractivity contribution < 1.29 is 0 Å². The summed E-state index contributed by atoms with van der Waals surface area (Å²) in [7, 11) is 0. The first-order chi connectivity index (χ1) is 6.83. The van der Waals surface area contributed by atoms with E-state index in [0.717, 1.165) is 29.4 Å². The molecule has 0 saturated carbocycles. The van der Waals surface area contributed by atoms with Gasteiger partial charge in [-0.1, -0.05) is 13.3 Å². The van der Waals surface area contributed by atoms with Crippen molar-refractivity contribution in [2.75, 3.05) is 0 Å². The summed E-state index contributed by atoms with van der Waals surface area (Å²) in [6.45, 7) is 4.20. The Bertz CT molecular complexity index is 451. The van der Waals surface area contributed by atoms with Gasteiger partial charge in [0.2, 0.25) is 0 Å². The zero-order valence-corrected chi connectivity index (χ0v) is 8.49. The van der Waals surface area contributed by atoms with Gasteiger partial charge in [-0.05, 0) is 18.9 Å². The van der Waals surface area contributed by atoms with E-state index in [0.29, 0.717) is 0 Å². The monoisotopic (exact) mass is 187 g/mol. The lowest BCUT2D eigenvalue weighted by Crippen LogP contribution is -1.96. The number of rotatable bonds is 2. The third-order valence-corrected chi connectivity index (χ3v) is 2.36. The number of hydrogen-bond donors (Lipinski definition) is 0. The van der Waals surface area contributed by atoms with Crippen molar-refractivity contribution in [1.29, 1.82) is 0 Å². The van der Waals surface area contributed by atoms with Crippen molar-refractivity contribution in [3.63, 3.8) is 0 Å². The Labute approximate surface area is 83.2 Å². The number of fused-ring (bicyclic) bond motifs is 1. The summed E-state index contributed by atoms with van der Waals surface area (Å²) in [5, 5.41) is 1.03. The minimum atomic E-state index is 1.03. The van der Waals surface area contributed by atoms with Crippen molar-refractivity contribution in [3.8, 4) is 0 Å². The molecule has 0 amide bonds. The van der Waals surface area contributed by atoms with Crippen LogP contribution in [-0.4, -0.2) is 15.0 Å². The van der Waals surface area contributed by atoms with E-state index in [1.54, 1.807) is 6.33 Å². The summed E-state index contributed by atoms with van der Waals surface area (Å²) in [4.78, 5) is 12.6. The number of nitrogens with zero attached hydrogens (tertiary/aromatic N) is 3. The first-order valence-electron chi connectivity index (χ1n) is 4.87. The maximum absolute atomic E-state index is 4.35. The topological polar surface area (TPSA) is 38.7 Å². The number of hydrogen-bond acceptors (Lipinski definition) is 3. The molecule has 2 aromatic rings. The molecular formula is C11H13N3. The highest BCUT2D eigenvalue weighted by Gasteiger charge is 2.05. The van der Waals surface area contributed by atoms with E-state index in [4.69, 9.17) is 0 Å². The second-order valence-corrected chi connectivity index (χ2v) is 3.40. The average Bonchev–Trinajstić information content (AvgIpc) is 2.23. The van der Waals surface area contributed by atoms with Gasteiger partial charge >= 0.3 is 0 Å². The summed E-state index contributed by atoms with van der Waals surface area (Å²) in [5.74, 6) is 0. The molecule has 0 unspecified atom stereocenters. The first-order valence-corrected chi connectivity index (χ1v) is 4.87. The fourth-order valence-corrected chi connectivity index (χ4v) is 1.65. The van der Waals surface area contributed by atoms with Gasteiger partial charge in [0.1, 0.15) is 6.33 Å². The molecule has 2 heterocycles. The van der Waals surface area contributed by atoms with Crippen LogP contribution in [0.1, 0.15) is 24.6 Å². The zero-order chi connectivity index (χ0) is 9.97. The maximum Gasteiger partial charge on any atom is 0.116 e. The smallest absolute Gasteiger partial charge is 0.116 e. The lowest BCUT2D eigenvalue weighted by atomic mass is 10.1. The minimum absolute atomic E-state index is 1.03. The van der Waals surface area contributed by atoms with Crippen LogP contribution in [0.25, 0.3) is 10.9 Å². The van der Waals surface area contributed by atoms with Gasteiger partial charge in [0.15, 0.2) is 0 Å². The zero-order valence-electron chi connectivity index (χ0n) is 8.49. The Morgan fingerprint density at radius 2 is 2.07 bits per heavy atom. The van der Waals surface area contributed by atoms with Crippen molar-refractivity contribution in [2.24, 2.45) is 0 Å². The van der Waals surface area contributed by atoms with Crippen LogP contribution in [-0.2, 0) is 6.42 Å². The van der Waals surface area contributed by atoms with Crippen LogP contribution >= 0.6 is 0 Å². The fraction of sp³-hybridized carbons (Fsp3) is 0.364. The van der Waals surface area contributed by atoms with Crippen molar-refractivity contribution in [3.05, 3.63) is 30.0 Å². The predicted molar refractivity (Wildman–Crippen MR) is 56.1 cm³/mol. The molecule has 0 saturated heterocycles. The highest BCUT2D eigenvalue weighted by Crippen LogP contribution is 2.18. The Balaban J connectivity index is 2.69. The van der Waals surface area contributed by atoms with Crippen LogP contribution in [0.2, 0.25) is 0 Å². The van der Waals surface area contributed by atoms with Gasteiger partial charge in [-0.25, -0.2) is 9.97 Å². The second-order valence-electron chi connectivity index (χ2n) is 3.40. The predicted octanol–water partition coefficient (Wildman–Crippen LogP) is 2.29. The summed E-state index contributed by atoms with van der Waals surface area (Å²) in [6.07, 6.45) is 7.40. The molecule has 0 aliphatic carbocycles. The minimum Gasteiger partial charge on any atom is -0.260 e. The van der Waals surface area contributed by atoms with Gasteiger partial charge in [-0.3, -0.25) is 4.98 Å². The molecule has 14 heavy (non-hydrogen) atoms. The van der Waals surface area contributed by atoms with Crippen molar-refractivity contribution >= 4 is 10.9 Å². The molecule has 0 spiro atoms. The third-order valence-electron chi connectivity index (χ3n) is 2.36. The van der Waals surface area contributed by atoms with E-state index in [1.165, 1.54) is 5.56 Å². The molecule has 3 nitrogen and oxygen atoms in total. The molecule has 2 rings (SSSR count). The van der Waals surface area contributed by atoms with Gasteiger partial charge in [0, 0.05) is 23.5 Å². The van der Waals surface area contributed by atoms with Crippen LogP contribution < -0.4 is 0 Å². The Morgan fingerprint density at radius 1 is 1.21 bits per heavy atom. The van der Waals surface area contributed by atoms with Gasteiger partial charge in [0.25, 0.3) is 0 Å². The molecule has 0 atom stereocenters. The van der Waals surface area contributed by atoms with Crippen LogP contribution in [0.5, 0.6) is 0 Å². The number of pyridine rings is 1. The molecule has 2 aromatic heterocycles. The van der Waals surface area contributed by atoms with Crippen LogP contribution in [0, 0.1) is 6.92 Å². The summed E-state index contributed by atoms with van der Waals surface area (Å²) in [5.41, 5.74) is 3.39. The van der Waals surface area contributed by atoms with Crippen LogP contribution in [0.4, 0.5) is 0 Å². The Hall–Kier alpha value is -1.51. The van der Waals surface area contributed by atoms with E-state index in [-0.39, 0.29) is 0 Å². The van der Waals surface area contributed by atoms with Gasteiger partial charge in [-0.2, -0.15) is 0 Å². The van der Waals surface area contributed by atoms with E-state index in [2.05, 4.69) is 21.9 Å². The summed E-state index contributed by atoms with van der Waals surface area (Å²) < 4.78 is 0. The number of aromatic nitrogens is 3. The fourth-order valence-electron chi connectivity index (χ4n) is 1.65. The molecule has 3 heteroatoms. The van der Waals surface area contributed by atoms with E-state index in [9.17, 15) is 0 Å². The quantitative estimate of drug-likeness (QED) is 0.724. The molecule has 0 bridgehead atoms. The molecule has 0 aliphatic heterocycles. The molecule has 0 N–H and O–H groups in total. The highest BCUT2D eigenvalue weighted by molar-refractivity contribution is 5.80. The summed E-state index contributed by atoms with van der Waals surface area (Å²) >= 11 is 0. The van der Waals surface area contributed by atoms with E-state index < -0.39 is 0 Å². The van der Waals surface area contributed by atoms with E-state index >= 15 is 0 Å². The lowest BCUT2D eigenvalue weighted by molar-refractivity contribution is 0.904. The highest BCUT2D eigenvalue weighted by atomic mass is 14.8. The first kappa shape index (κ1) is 9.06. The Morgan fingerprint density at radius 3 is 2.86 bits per heavy atom. The van der Waals surface area contributed by atoms with Crippen LogP contribution in [0.3, 0.4) is 0 Å². The third kappa shape index (κ3) is 1.45. The average molecular weight is 187 g/mol.